The van der Waals surface area contributed by atoms with Gasteiger partial charge in [-0.05, 0) is 44.1 Å². The van der Waals surface area contributed by atoms with E-state index in [1.54, 1.807) is 0 Å². The van der Waals surface area contributed by atoms with Crippen LogP contribution in [0, 0.1) is 24.7 Å². The Labute approximate surface area is 129 Å². The molecule has 21 heavy (non-hydrogen) atoms. The molecule has 2 nitrogen and oxygen atoms in total. The van der Waals surface area contributed by atoms with E-state index in [4.69, 9.17) is 5.10 Å². The summed E-state index contributed by atoms with van der Waals surface area (Å²) >= 11 is 0. The van der Waals surface area contributed by atoms with Gasteiger partial charge in [0.15, 0.2) is 0 Å². The SMILES string of the molecule is Cc1ccc(C2=NNC(C)C3CCC(C)CCCC23)cc1. The summed E-state index contributed by atoms with van der Waals surface area (Å²) in [4.78, 5) is 0. The van der Waals surface area contributed by atoms with Gasteiger partial charge in [-0.2, -0.15) is 5.10 Å². The Balaban J connectivity index is 1.88. The largest absolute Gasteiger partial charge is 0.307 e. The summed E-state index contributed by atoms with van der Waals surface area (Å²) in [7, 11) is 0. The number of benzene rings is 1. The number of hydrazone groups is 1. The fraction of sp³-hybridized carbons (Fsp3) is 0.632. The Morgan fingerprint density at radius 3 is 2.52 bits per heavy atom. The molecule has 0 bridgehead atoms. The van der Waals surface area contributed by atoms with Crippen LogP contribution in [0.1, 0.15) is 57.1 Å². The average molecular weight is 284 g/mol. The highest BCUT2D eigenvalue weighted by molar-refractivity contribution is 6.02. The average Bonchev–Trinajstić information content (AvgIpc) is 2.45. The van der Waals surface area contributed by atoms with E-state index in [1.807, 2.05) is 0 Å². The topological polar surface area (TPSA) is 24.4 Å². The van der Waals surface area contributed by atoms with Gasteiger partial charge in [0.25, 0.3) is 0 Å². The van der Waals surface area contributed by atoms with Crippen molar-refractivity contribution in [3.8, 4) is 0 Å². The van der Waals surface area contributed by atoms with Crippen LogP contribution in [0.25, 0.3) is 0 Å². The van der Waals surface area contributed by atoms with Gasteiger partial charge in [-0.3, -0.25) is 0 Å². The molecule has 1 aromatic carbocycles. The highest BCUT2D eigenvalue weighted by Gasteiger charge is 2.35. The van der Waals surface area contributed by atoms with Gasteiger partial charge in [-0.25, -0.2) is 0 Å². The number of nitrogens with one attached hydrogen (secondary N) is 1. The second kappa shape index (κ2) is 6.21. The zero-order chi connectivity index (χ0) is 14.8. The molecular formula is C19H28N2. The highest BCUT2D eigenvalue weighted by atomic mass is 15.3. The first kappa shape index (κ1) is 14.6. The van der Waals surface area contributed by atoms with Crippen LogP contribution in [0.3, 0.4) is 0 Å². The van der Waals surface area contributed by atoms with E-state index in [1.165, 1.54) is 48.9 Å². The van der Waals surface area contributed by atoms with Gasteiger partial charge >= 0.3 is 0 Å². The van der Waals surface area contributed by atoms with Crippen LogP contribution in [0.4, 0.5) is 0 Å². The van der Waals surface area contributed by atoms with Crippen molar-refractivity contribution >= 4 is 5.71 Å². The van der Waals surface area contributed by atoms with Crippen LogP contribution in [0.2, 0.25) is 0 Å². The molecule has 0 amide bonds. The van der Waals surface area contributed by atoms with Crippen molar-refractivity contribution in [2.24, 2.45) is 22.9 Å². The predicted molar refractivity (Wildman–Crippen MR) is 89.5 cm³/mol. The first-order valence-electron chi connectivity index (χ1n) is 8.55. The van der Waals surface area contributed by atoms with Gasteiger partial charge in [0.1, 0.15) is 0 Å². The molecule has 1 aliphatic carbocycles. The van der Waals surface area contributed by atoms with Gasteiger partial charge in [-0.1, -0.05) is 56.0 Å². The van der Waals surface area contributed by atoms with Gasteiger partial charge < -0.3 is 5.43 Å². The Hall–Kier alpha value is -1.31. The summed E-state index contributed by atoms with van der Waals surface area (Å²) in [6.07, 6.45) is 6.74. The number of fused-ring (bicyclic) bond motifs is 1. The second-order valence-corrected chi connectivity index (χ2v) is 7.16. The summed E-state index contributed by atoms with van der Waals surface area (Å²) < 4.78 is 0. The second-order valence-electron chi connectivity index (χ2n) is 7.16. The Morgan fingerprint density at radius 2 is 1.76 bits per heavy atom. The smallest absolute Gasteiger partial charge is 0.0709 e. The Morgan fingerprint density at radius 1 is 1.00 bits per heavy atom. The molecule has 4 unspecified atom stereocenters. The van der Waals surface area contributed by atoms with E-state index in [0.717, 1.165) is 11.8 Å². The van der Waals surface area contributed by atoms with Gasteiger partial charge in [0, 0.05) is 12.0 Å². The minimum Gasteiger partial charge on any atom is -0.307 e. The molecule has 114 valence electrons. The van der Waals surface area contributed by atoms with Gasteiger partial charge in [-0.15, -0.1) is 0 Å². The van der Waals surface area contributed by atoms with Crippen LogP contribution in [0.15, 0.2) is 29.4 Å². The quantitative estimate of drug-likeness (QED) is 0.805. The lowest BCUT2D eigenvalue weighted by Crippen LogP contribution is -2.44. The molecule has 1 aromatic rings. The number of nitrogens with zero attached hydrogens (tertiary/aromatic N) is 1. The van der Waals surface area contributed by atoms with Crippen LogP contribution in [0.5, 0.6) is 0 Å². The lowest BCUT2D eigenvalue weighted by molar-refractivity contribution is 0.223. The van der Waals surface area contributed by atoms with Crippen LogP contribution in [-0.4, -0.2) is 11.8 Å². The molecule has 0 saturated heterocycles. The number of rotatable bonds is 1. The van der Waals surface area contributed by atoms with Crippen molar-refractivity contribution in [1.82, 2.24) is 5.43 Å². The lowest BCUT2D eigenvalue weighted by atomic mass is 9.72. The maximum absolute atomic E-state index is 4.75. The standard InChI is InChI=1S/C19H28N2/c1-13-5-4-6-18-17(12-9-13)15(3)20-21-19(18)16-10-7-14(2)8-11-16/h7-8,10-11,13,15,17-18,20H,4-6,9,12H2,1-3H3. The summed E-state index contributed by atoms with van der Waals surface area (Å²) in [6.45, 7) is 6.86. The summed E-state index contributed by atoms with van der Waals surface area (Å²) in [5.74, 6) is 2.26. The molecule has 1 N–H and O–H groups in total. The predicted octanol–water partition coefficient (Wildman–Crippen LogP) is 4.52. The van der Waals surface area contributed by atoms with Crippen molar-refractivity contribution in [2.45, 2.75) is 58.9 Å². The molecule has 2 aliphatic rings. The van der Waals surface area contributed by atoms with Crippen molar-refractivity contribution in [3.05, 3.63) is 35.4 Å². The molecule has 1 fully saturated rings. The van der Waals surface area contributed by atoms with Crippen molar-refractivity contribution in [3.63, 3.8) is 0 Å². The highest BCUT2D eigenvalue weighted by Crippen LogP contribution is 2.36. The molecule has 2 heteroatoms. The van der Waals surface area contributed by atoms with E-state index in [2.05, 4.69) is 50.5 Å². The third kappa shape index (κ3) is 3.14. The number of hydrogen-bond donors (Lipinski definition) is 1. The van der Waals surface area contributed by atoms with Crippen molar-refractivity contribution < 1.29 is 0 Å². The monoisotopic (exact) mass is 284 g/mol. The fourth-order valence-corrected chi connectivity index (χ4v) is 4.01. The molecular weight excluding hydrogens is 256 g/mol. The third-order valence-corrected chi connectivity index (χ3v) is 5.45. The molecule has 0 aromatic heterocycles. The minimum absolute atomic E-state index is 0.509. The maximum Gasteiger partial charge on any atom is 0.0709 e. The van der Waals surface area contributed by atoms with Crippen molar-refractivity contribution in [2.75, 3.05) is 0 Å². The van der Waals surface area contributed by atoms with E-state index in [0.29, 0.717) is 12.0 Å². The molecule has 0 spiro atoms. The zero-order valence-electron chi connectivity index (χ0n) is 13.6. The number of aryl methyl sites for hydroxylation is 1. The molecule has 1 saturated carbocycles. The molecule has 1 aliphatic heterocycles. The van der Waals surface area contributed by atoms with Crippen LogP contribution < -0.4 is 5.43 Å². The lowest BCUT2D eigenvalue weighted by Gasteiger charge is -2.39. The summed E-state index contributed by atoms with van der Waals surface area (Å²) in [5.41, 5.74) is 7.32. The minimum atomic E-state index is 0.509. The van der Waals surface area contributed by atoms with Gasteiger partial charge in [0.2, 0.25) is 0 Å². The van der Waals surface area contributed by atoms with Crippen LogP contribution >= 0.6 is 0 Å². The fourth-order valence-electron chi connectivity index (χ4n) is 4.01. The van der Waals surface area contributed by atoms with E-state index < -0.39 is 0 Å². The van der Waals surface area contributed by atoms with E-state index in [9.17, 15) is 0 Å². The molecule has 4 atom stereocenters. The Bertz CT molecular complexity index is 503. The van der Waals surface area contributed by atoms with Gasteiger partial charge in [0.05, 0.1) is 5.71 Å². The van der Waals surface area contributed by atoms with Crippen molar-refractivity contribution in [1.29, 1.82) is 0 Å². The molecule has 3 rings (SSSR count). The summed E-state index contributed by atoms with van der Waals surface area (Å²) in [5, 5.41) is 4.75. The molecule has 1 heterocycles. The Kier molecular flexibility index (Phi) is 4.32. The van der Waals surface area contributed by atoms with Crippen LogP contribution in [-0.2, 0) is 0 Å². The maximum atomic E-state index is 4.75. The first-order chi connectivity index (χ1) is 10.1. The zero-order valence-corrected chi connectivity index (χ0v) is 13.6. The first-order valence-corrected chi connectivity index (χ1v) is 8.55. The van der Waals surface area contributed by atoms with E-state index in [-0.39, 0.29) is 0 Å². The number of hydrogen-bond acceptors (Lipinski definition) is 2. The third-order valence-electron chi connectivity index (χ3n) is 5.45. The normalized spacial score (nSPS) is 33.2. The van der Waals surface area contributed by atoms with E-state index >= 15 is 0 Å². The molecule has 0 radical (unpaired) electrons. The summed E-state index contributed by atoms with van der Waals surface area (Å²) in [6, 6.07) is 9.40.